The van der Waals surface area contributed by atoms with Gasteiger partial charge in [0.15, 0.2) is 17.8 Å². The van der Waals surface area contributed by atoms with E-state index in [4.69, 9.17) is 4.42 Å². The minimum atomic E-state index is -1.37. The molecule has 7 heteroatoms. The fourth-order valence-electron chi connectivity index (χ4n) is 2.11. The van der Waals surface area contributed by atoms with Gasteiger partial charge in [-0.2, -0.15) is 0 Å². The summed E-state index contributed by atoms with van der Waals surface area (Å²) in [5.41, 5.74) is -0.202. The molecule has 0 aliphatic carbocycles. The number of oxazole rings is 1. The van der Waals surface area contributed by atoms with E-state index in [1.165, 1.54) is 12.1 Å². The van der Waals surface area contributed by atoms with E-state index in [0.717, 1.165) is 12.5 Å². The molecule has 0 radical (unpaired) electrons. The van der Waals surface area contributed by atoms with Crippen LogP contribution in [0.1, 0.15) is 29.8 Å². The summed E-state index contributed by atoms with van der Waals surface area (Å²) in [4.78, 5) is 15.0. The number of carbonyl (C=O) groups is 1. The highest BCUT2D eigenvalue weighted by atomic mass is 19.1. The summed E-state index contributed by atoms with van der Waals surface area (Å²) in [5.74, 6) is -2.90. The molecule has 0 aliphatic rings. The minimum Gasteiger partial charge on any atom is -0.478 e. The lowest BCUT2D eigenvalue weighted by Crippen LogP contribution is -2.06. The van der Waals surface area contributed by atoms with Gasteiger partial charge in [-0.05, 0) is 30.7 Å². The second kappa shape index (κ2) is 7.08. The van der Waals surface area contributed by atoms with Crippen LogP contribution in [0.3, 0.4) is 0 Å². The van der Waals surface area contributed by atoms with Gasteiger partial charge in [0.25, 0.3) is 0 Å². The van der Waals surface area contributed by atoms with Crippen molar-refractivity contribution in [2.75, 3.05) is 5.32 Å². The lowest BCUT2D eigenvalue weighted by molar-refractivity contribution is 0.0697. The molecular formula is C17H16F2N2O3. The average molecular weight is 334 g/mol. The summed E-state index contributed by atoms with van der Waals surface area (Å²) in [5, 5.41) is 11.7. The second-order valence-corrected chi connectivity index (χ2v) is 4.73. The van der Waals surface area contributed by atoms with E-state index in [1.807, 2.05) is 13.8 Å². The molecule has 0 saturated heterocycles. The zero-order valence-corrected chi connectivity index (χ0v) is 13.4. The molecule has 0 atom stereocenters. The third-order valence-electron chi connectivity index (χ3n) is 3.18. The van der Waals surface area contributed by atoms with Crippen molar-refractivity contribution in [3.63, 3.8) is 0 Å². The Morgan fingerprint density at radius 2 is 1.96 bits per heavy atom. The van der Waals surface area contributed by atoms with E-state index in [9.17, 15) is 18.7 Å². The molecule has 0 saturated carbocycles. The number of hydrogen-bond acceptors (Lipinski definition) is 4. The summed E-state index contributed by atoms with van der Waals surface area (Å²) in [6.45, 7) is 5.71. The predicted molar refractivity (Wildman–Crippen MR) is 86.7 cm³/mol. The van der Waals surface area contributed by atoms with E-state index in [-0.39, 0.29) is 28.0 Å². The normalized spacial score (nSPS) is 10.2. The Labute approximate surface area is 136 Å². The van der Waals surface area contributed by atoms with Gasteiger partial charge < -0.3 is 14.8 Å². The van der Waals surface area contributed by atoms with Crippen molar-refractivity contribution < 1.29 is 23.1 Å². The molecule has 3 rings (SSSR count). The van der Waals surface area contributed by atoms with Crippen LogP contribution >= 0.6 is 0 Å². The van der Waals surface area contributed by atoms with Crippen molar-refractivity contribution in [1.29, 1.82) is 0 Å². The first-order valence-corrected chi connectivity index (χ1v) is 7.29. The Morgan fingerprint density at radius 1 is 1.25 bits per heavy atom. The number of benzene rings is 2. The van der Waals surface area contributed by atoms with Crippen LogP contribution in [0, 0.1) is 18.6 Å². The summed E-state index contributed by atoms with van der Waals surface area (Å²) in [7, 11) is 0. The van der Waals surface area contributed by atoms with Gasteiger partial charge in [0.1, 0.15) is 11.3 Å². The molecule has 0 aliphatic heterocycles. The number of halogens is 2. The summed E-state index contributed by atoms with van der Waals surface area (Å²) in [6.07, 6.45) is 1.01. The van der Waals surface area contributed by atoms with Gasteiger partial charge in [0.05, 0.1) is 16.9 Å². The van der Waals surface area contributed by atoms with Crippen LogP contribution in [-0.4, -0.2) is 16.1 Å². The van der Waals surface area contributed by atoms with Crippen molar-refractivity contribution in [2.45, 2.75) is 20.8 Å². The fourth-order valence-corrected chi connectivity index (χ4v) is 2.11. The zero-order valence-electron chi connectivity index (χ0n) is 13.4. The number of carboxylic acid groups (broad SMARTS) is 1. The Balaban J connectivity index is 0.00000100. The Morgan fingerprint density at radius 3 is 2.58 bits per heavy atom. The van der Waals surface area contributed by atoms with E-state index in [1.54, 1.807) is 13.0 Å². The van der Waals surface area contributed by atoms with Crippen LogP contribution in [-0.2, 0) is 0 Å². The van der Waals surface area contributed by atoms with E-state index >= 15 is 0 Å². The maximum absolute atomic E-state index is 14.4. The number of aromatic carboxylic acids is 1. The highest BCUT2D eigenvalue weighted by molar-refractivity contribution is 6.00. The van der Waals surface area contributed by atoms with E-state index in [0.29, 0.717) is 5.56 Å². The van der Waals surface area contributed by atoms with Gasteiger partial charge in [-0.3, -0.25) is 0 Å². The average Bonchev–Trinajstić information content (AvgIpc) is 3.02. The lowest BCUT2D eigenvalue weighted by atomic mass is 10.1. The van der Waals surface area contributed by atoms with Crippen molar-refractivity contribution in [1.82, 2.24) is 4.98 Å². The van der Waals surface area contributed by atoms with Crippen LogP contribution in [0.15, 0.2) is 35.1 Å². The number of carboxylic acids is 1. The van der Waals surface area contributed by atoms with Crippen molar-refractivity contribution in [3.05, 3.63) is 53.4 Å². The topological polar surface area (TPSA) is 75.4 Å². The number of aromatic nitrogens is 1. The highest BCUT2D eigenvalue weighted by Gasteiger charge is 2.21. The number of anilines is 2. The standard InChI is InChI=1S/C15H10F2N2O3.C2H6/c1-7-2-3-10(9(16)4-7)19-13-8(15(20)21)5-11-14(12(13)17)18-6-22-11;1-2/h2-6,19H,1H3,(H,20,21);1-2H3. The fraction of sp³-hybridized carbons (Fsp3) is 0.176. The monoisotopic (exact) mass is 334 g/mol. The third kappa shape index (κ3) is 3.19. The molecule has 0 amide bonds. The van der Waals surface area contributed by atoms with Gasteiger partial charge in [0, 0.05) is 0 Å². The smallest absolute Gasteiger partial charge is 0.338 e. The number of rotatable bonds is 3. The Kier molecular flexibility index (Phi) is 5.13. The van der Waals surface area contributed by atoms with Crippen molar-refractivity contribution in [3.8, 4) is 0 Å². The molecule has 24 heavy (non-hydrogen) atoms. The van der Waals surface area contributed by atoms with Crippen LogP contribution in [0.5, 0.6) is 0 Å². The maximum atomic E-state index is 14.4. The molecule has 0 spiro atoms. The van der Waals surface area contributed by atoms with E-state index in [2.05, 4.69) is 10.3 Å². The number of fused-ring (bicyclic) bond motifs is 1. The van der Waals surface area contributed by atoms with Crippen molar-refractivity contribution in [2.24, 2.45) is 0 Å². The highest BCUT2D eigenvalue weighted by Crippen LogP contribution is 2.31. The maximum Gasteiger partial charge on any atom is 0.338 e. The van der Waals surface area contributed by atoms with Crippen LogP contribution in [0.25, 0.3) is 11.1 Å². The van der Waals surface area contributed by atoms with Crippen LogP contribution in [0.4, 0.5) is 20.2 Å². The van der Waals surface area contributed by atoms with Crippen LogP contribution < -0.4 is 5.32 Å². The first-order chi connectivity index (χ1) is 11.5. The number of aryl methyl sites for hydroxylation is 1. The zero-order chi connectivity index (χ0) is 17.9. The summed E-state index contributed by atoms with van der Waals surface area (Å²) < 4.78 is 33.3. The first-order valence-electron chi connectivity index (χ1n) is 7.29. The molecule has 2 N–H and O–H groups in total. The molecule has 0 bridgehead atoms. The second-order valence-electron chi connectivity index (χ2n) is 4.73. The SMILES string of the molecule is CC.Cc1ccc(Nc2c(C(=O)O)cc3ocnc3c2F)c(F)c1. The van der Waals surface area contributed by atoms with Gasteiger partial charge >= 0.3 is 5.97 Å². The molecule has 0 fully saturated rings. The molecule has 1 heterocycles. The summed E-state index contributed by atoms with van der Waals surface area (Å²) >= 11 is 0. The number of nitrogens with one attached hydrogen (secondary N) is 1. The van der Waals surface area contributed by atoms with Gasteiger partial charge in [0.2, 0.25) is 0 Å². The molecule has 126 valence electrons. The minimum absolute atomic E-state index is 0.00447. The van der Waals surface area contributed by atoms with Gasteiger partial charge in [-0.1, -0.05) is 19.9 Å². The molecule has 3 aromatic rings. The molecular weight excluding hydrogens is 318 g/mol. The number of nitrogens with zero attached hydrogens (tertiary/aromatic N) is 1. The van der Waals surface area contributed by atoms with Gasteiger partial charge in [-0.15, -0.1) is 0 Å². The quantitative estimate of drug-likeness (QED) is 0.714. The third-order valence-corrected chi connectivity index (χ3v) is 3.18. The van der Waals surface area contributed by atoms with Gasteiger partial charge in [-0.25, -0.2) is 18.6 Å². The first kappa shape index (κ1) is 17.4. The Bertz CT molecular complexity index is 891. The number of hydrogen-bond donors (Lipinski definition) is 2. The molecule has 5 nitrogen and oxygen atoms in total. The van der Waals surface area contributed by atoms with E-state index < -0.39 is 17.6 Å². The molecule has 1 aromatic heterocycles. The summed E-state index contributed by atoms with van der Waals surface area (Å²) in [6, 6.07) is 5.43. The van der Waals surface area contributed by atoms with Crippen molar-refractivity contribution >= 4 is 28.4 Å². The lowest BCUT2D eigenvalue weighted by Gasteiger charge is -2.12. The predicted octanol–water partition coefficient (Wildman–Crippen LogP) is 4.88. The Hall–Kier alpha value is -2.96. The van der Waals surface area contributed by atoms with Crippen LogP contribution in [0.2, 0.25) is 0 Å². The largest absolute Gasteiger partial charge is 0.478 e. The molecule has 0 unspecified atom stereocenters. The molecule has 2 aromatic carbocycles.